The van der Waals surface area contributed by atoms with Gasteiger partial charge in [-0.05, 0) is 25.8 Å². The average Bonchev–Trinajstić information content (AvgIpc) is 3.19. The Morgan fingerprint density at radius 1 is 1.15 bits per heavy atom. The topological polar surface area (TPSA) is 104 Å². The first-order chi connectivity index (χ1) is 16.0. The molecule has 5 rings (SSSR count). The Hall–Kier alpha value is -3.55. The van der Waals surface area contributed by atoms with Crippen molar-refractivity contribution in [1.29, 1.82) is 0 Å². The van der Waals surface area contributed by atoms with Gasteiger partial charge in [0.25, 0.3) is 0 Å². The lowest BCUT2D eigenvalue weighted by Gasteiger charge is -2.28. The number of rotatable bonds is 3. The van der Waals surface area contributed by atoms with Crippen LogP contribution < -0.4 is 10.7 Å². The second-order valence-electron chi connectivity index (χ2n) is 8.64. The van der Waals surface area contributed by atoms with Gasteiger partial charge in [0.05, 0.1) is 35.4 Å². The van der Waals surface area contributed by atoms with Crippen LogP contribution in [0.2, 0.25) is 0 Å². The normalized spacial score (nSPS) is 21.0. The van der Waals surface area contributed by atoms with Crippen molar-refractivity contribution in [3.63, 3.8) is 0 Å². The molecule has 0 amide bonds. The first-order valence-corrected chi connectivity index (χ1v) is 11.2. The Balaban J connectivity index is 1.71. The van der Waals surface area contributed by atoms with Gasteiger partial charge in [0, 0.05) is 17.5 Å². The van der Waals surface area contributed by atoms with E-state index in [0.29, 0.717) is 39.3 Å². The zero-order valence-electron chi connectivity index (χ0n) is 18.6. The lowest BCUT2D eigenvalue weighted by Crippen LogP contribution is -2.28. The van der Waals surface area contributed by atoms with Crippen molar-refractivity contribution in [1.82, 2.24) is 5.32 Å². The number of hydrogen-bond donors (Lipinski definition) is 1. The summed E-state index contributed by atoms with van der Waals surface area (Å²) >= 11 is 0. The fraction of sp³-hybridized carbons (Fsp3) is 0.400. The number of hydrogen-bond acceptors (Lipinski definition) is 8. The number of carbonyl (C=O) groups excluding carboxylic acids is 2. The molecule has 8 heteroatoms. The molecule has 0 bridgehead atoms. The van der Waals surface area contributed by atoms with E-state index in [4.69, 9.17) is 18.6 Å². The summed E-state index contributed by atoms with van der Waals surface area (Å²) in [5, 5.41) is 3.51. The fourth-order valence-electron chi connectivity index (χ4n) is 5.04. The van der Waals surface area contributed by atoms with Gasteiger partial charge in [0.1, 0.15) is 23.7 Å². The van der Waals surface area contributed by atoms with Crippen LogP contribution in [0.25, 0.3) is 11.0 Å². The third-order valence-corrected chi connectivity index (χ3v) is 6.63. The SMILES string of the molecule is COC(=O)OC1=C(C)NC2=C(C(=O)OC2)C1c1cccc2c(=O)cc(C3CCCCC3)oc12. The second-order valence-corrected chi connectivity index (χ2v) is 8.64. The average molecular weight is 451 g/mol. The molecule has 1 atom stereocenters. The first kappa shape index (κ1) is 21.3. The van der Waals surface area contributed by atoms with E-state index in [2.05, 4.69) is 5.32 Å². The van der Waals surface area contributed by atoms with Gasteiger partial charge < -0.3 is 23.9 Å². The molecule has 0 radical (unpaired) electrons. The van der Waals surface area contributed by atoms with E-state index in [0.717, 1.165) is 25.7 Å². The summed E-state index contributed by atoms with van der Waals surface area (Å²) < 4.78 is 21.8. The molecule has 33 heavy (non-hydrogen) atoms. The van der Waals surface area contributed by atoms with Crippen LogP contribution >= 0.6 is 0 Å². The predicted molar refractivity (Wildman–Crippen MR) is 118 cm³/mol. The van der Waals surface area contributed by atoms with Crippen LogP contribution in [0.15, 0.2) is 56.2 Å². The quantitative estimate of drug-likeness (QED) is 0.687. The number of para-hydroxylation sites is 1. The zero-order chi connectivity index (χ0) is 23.1. The molecule has 8 nitrogen and oxygen atoms in total. The highest BCUT2D eigenvalue weighted by atomic mass is 16.7. The van der Waals surface area contributed by atoms with E-state index in [1.165, 1.54) is 13.5 Å². The number of nitrogens with one attached hydrogen (secondary N) is 1. The molecule has 2 aliphatic heterocycles. The van der Waals surface area contributed by atoms with Gasteiger partial charge in [0.2, 0.25) is 0 Å². The first-order valence-electron chi connectivity index (χ1n) is 11.2. The van der Waals surface area contributed by atoms with Crippen LogP contribution in [-0.2, 0) is 19.0 Å². The van der Waals surface area contributed by atoms with E-state index in [1.807, 2.05) is 0 Å². The molecule has 1 saturated carbocycles. The third-order valence-electron chi connectivity index (χ3n) is 6.63. The van der Waals surface area contributed by atoms with Crippen LogP contribution in [0, 0.1) is 0 Å². The Morgan fingerprint density at radius 2 is 1.94 bits per heavy atom. The summed E-state index contributed by atoms with van der Waals surface area (Å²) in [4.78, 5) is 37.8. The van der Waals surface area contributed by atoms with Crippen LogP contribution in [0.1, 0.15) is 62.2 Å². The number of carbonyl (C=O) groups is 2. The molecule has 172 valence electrons. The van der Waals surface area contributed by atoms with Crippen molar-refractivity contribution in [3.8, 4) is 0 Å². The van der Waals surface area contributed by atoms with Gasteiger partial charge in [-0.3, -0.25) is 4.79 Å². The highest BCUT2D eigenvalue weighted by Gasteiger charge is 2.42. The van der Waals surface area contributed by atoms with Crippen molar-refractivity contribution < 1.29 is 28.2 Å². The lowest BCUT2D eigenvalue weighted by molar-refractivity contribution is -0.136. The Morgan fingerprint density at radius 3 is 2.70 bits per heavy atom. The summed E-state index contributed by atoms with van der Waals surface area (Å²) in [5.41, 5.74) is 2.30. The standard InChI is InChI=1S/C25H25NO7/c1-13-22(33-25(29)30-2)20(21-17(26-13)12-31-24(21)28)16-10-6-9-15-18(27)11-19(32-23(15)16)14-7-4-3-5-8-14/h6,9-11,14,20,26H,3-5,7-8,12H2,1-2H3. The summed E-state index contributed by atoms with van der Waals surface area (Å²) in [6, 6.07) is 6.82. The van der Waals surface area contributed by atoms with Gasteiger partial charge in [-0.2, -0.15) is 0 Å². The van der Waals surface area contributed by atoms with Crippen LogP contribution in [-0.4, -0.2) is 25.8 Å². The number of methoxy groups -OCH3 is 1. The molecular formula is C25H25NO7. The highest BCUT2D eigenvalue weighted by Crippen LogP contribution is 2.44. The molecule has 0 spiro atoms. The minimum absolute atomic E-state index is 0.0928. The van der Waals surface area contributed by atoms with Crippen molar-refractivity contribution in [2.45, 2.75) is 50.9 Å². The summed E-state index contributed by atoms with van der Waals surface area (Å²) in [5.74, 6) is -0.246. The van der Waals surface area contributed by atoms with Crippen molar-refractivity contribution >= 4 is 23.1 Å². The van der Waals surface area contributed by atoms with Gasteiger partial charge in [-0.25, -0.2) is 9.59 Å². The highest BCUT2D eigenvalue weighted by molar-refractivity contribution is 5.96. The maximum atomic E-state index is 13.0. The zero-order valence-corrected chi connectivity index (χ0v) is 18.6. The minimum Gasteiger partial charge on any atom is -0.460 e. The van der Waals surface area contributed by atoms with Crippen LogP contribution in [0.3, 0.4) is 0 Å². The molecule has 1 unspecified atom stereocenters. The molecule has 3 heterocycles. The summed E-state index contributed by atoms with van der Waals surface area (Å²) in [6.07, 6.45) is 4.43. The van der Waals surface area contributed by atoms with Gasteiger partial charge in [-0.1, -0.05) is 31.4 Å². The van der Waals surface area contributed by atoms with E-state index in [-0.39, 0.29) is 23.7 Å². The molecule has 1 fully saturated rings. The van der Waals surface area contributed by atoms with E-state index in [1.54, 1.807) is 31.2 Å². The smallest absolute Gasteiger partial charge is 0.460 e. The van der Waals surface area contributed by atoms with Gasteiger partial charge in [0.15, 0.2) is 5.43 Å². The van der Waals surface area contributed by atoms with E-state index < -0.39 is 18.0 Å². The molecule has 2 aromatic rings. The molecule has 0 saturated heterocycles. The Labute approximate surface area is 190 Å². The Bertz CT molecular complexity index is 1260. The molecule has 1 aromatic heterocycles. The van der Waals surface area contributed by atoms with Gasteiger partial charge >= 0.3 is 12.1 Å². The maximum Gasteiger partial charge on any atom is 0.513 e. The number of esters is 1. The van der Waals surface area contributed by atoms with Crippen molar-refractivity contribution in [3.05, 3.63) is 68.5 Å². The minimum atomic E-state index is -0.906. The number of allylic oxidation sites excluding steroid dienone is 2. The summed E-state index contributed by atoms with van der Waals surface area (Å²) in [7, 11) is 1.21. The van der Waals surface area contributed by atoms with E-state index >= 15 is 0 Å². The molecule has 3 aliphatic rings. The largest absolute Gasteiger partial charge is 0.513 e. The fourth-order valence-corrected chi connectivity index (χ4v) is 5.04. The number of dihydropyridines is 1. The number of ether oxygens (including phenoxy) is 3. The molecule has 1 N–H and O–H groups in total. The maximum absolute atomic E-state index is 13.0. The second kappa shape index (κ2) is 8.42. The molecule has 1 aromatic carbocycles. The number of fused-ring (bicyclic) bond motifs is 1. The molecule has 1 aliphatic carbocycles. The molecular weight excluding hydrogens is 426 g/mol. The van der Waals surface area contributed by atoms with Crippen molar-refractivity contribution in [2.24, 2.45) is 0 Å². The third kappa shape index (κ3) is 3.69. The van der Waals surface area contributed by atoms with Crippen molar-refractivity contribution in [2.75, 3.05) is 13.7 Å². The van der Waals surface area contributed by atoms with Gasteiger partial charge in [-0.15, -0.1) is 0 Å². The monoisotopic (exact) mass is 451 g/mol. The number of cyclic esters (lactones) is 1. The Kier molecular flexibility index (Phi) is 5.44. The predicted octanol–water partition coefficient (Wildman–Crippen LogP) is 4.35. The summed E-state index contributed by atoms with van der Waals surface area (Å²) in [6.45, 7) is 1.84. The van der Waals surface area contributed by atoms with E-state index in [9.17, 15) is 14.4 Å². The van der Waals surface area contributed by atoms with Crippen LogP contribution in [0.5, 0.6) is 0 Å². The number of benzene rings is 1. The van der Waals surface area contributed by atoms with Crippen LogP contribution in [0.4, 0.5) is 4.79 Å². The lowest BCUT2D eigenvalue weighted by atomic mass is 9.84.